The molecule has 1 unspecified atom stereocenters. The first kappa shape index (κ1) is 13.3. The molecule has 2 rings (SSSR count). The number of nitrogens with zero attached hydrogens (tertiary/aromatic N) is 1. The third-order valence-electron chi connectivity index (χ3n) is 3.30. The molecule has 1 aromatic carbocycles. The van der Waals surface area contributed by atoms with Crippen molar-refractivity contribution in [3.8, 4) is 0 Å². The maximum Gasteiger partial charge on any atom is 0.294 e. The molecule has 102 valence electrons. The molecular weight excluding hydrogens is 248 g/mol. The Morgan fingerprint density at radius 3 is 2.74 bits per heavy atom. The molecule has 7 nitrogen and oxygen atoms in total. The van der Waals surface area contributed by atoms with E-state index in [2.05, 4.69) is 10.7 Å². The molecule has 0 saturated heterocycles. The van der Waals surface area contributed by atoms with E-state index < -0.39 is 4.92 Å². The molecule has 0 bridgehead atoms. The largest absolute Gasteiger partial charge is 0.349 e. The summed E-state index contributed by atoms with van der Waals surface area (Å²) < 4.78 is 0. The van der Waals surface area contributed by atoms with Crippen molar-refractivity contribution >= 4 is 17.3 Å². The highest BCUT2D eigenvalue weighted by Crippen LogP contribution is 2.32. The van der Waals surface area contributed by atoms with Gasteiger partial charge in [0.25, 0.3) is 11.6 Å². The summed E-state index contributed by atoms with van der Waals surface area (Å²) in [7, 11) is 0. The molecule has 0 radical (unpaired) electrons. The van der Waals surface area contributed by atoms with Crippen LogP contribution in [0.1, 0.15) is 30.1 Å². The van der Waals surface area contributed by atoms with Gasteiger partial charge in [0.15, 0.2) is 0 Å². The van der Waals surface area contributed by atoms with Crippen LogP contribution in [0.4, 0.5) is 11.4 Å². The van der Waals surface area contributed by atoms with Crippen molar-refractivity contribution in [1.29, 1.82) is 0 Å². The van der Waals surface area contributed by atoms with E-state index in [9.17, 15) is 14.9 Å². The predicted molar refractivity (Wildman–Crippen MR) is 70.6 cm³/mol. The summed E-state index contributed by atoms with van der Waals surface area (Å²) in [5, 5.41) is 13.7. The third-order valence-corrected chi connectivity index (χ3v) is 3.30. The van der Waals surface area contributed by atoms with Crippen LogP contribution in [-0.4, -0.2) is 16.9 Å². The highest BCUT2D eigenvalue weighted by atomic mass is 16.6. The predicted octanol–water partition coefficient (Wildman–Crippen LogP) is 1.41. The lowest BCUT2D eigenvalue weighted by molar-refractivity contribution is -0.384. The van der Waals surface area contributed by atoms with Crippen LogP contribution in [0.2, 0.25) is 0 Å². The zero-order valence-corrected chi connectivity index (χ0v) is 10.6. The Morgan fingerprint density at radius 2 is 2.21 bits per heavy atom. The average molecular weight is 264 g/mol. The second-order valence-corrected chi connectivity index (χ2v) is 4.73. The summed E-state index contributed by atoms with van der Waals surface area (Å²) in [5.74, 6) is 5.42. The SMILES string of the molecule is CC(NC(=O)c1ccc(NN)c([N+](=O)[O-])c1)C1CC1. The van der Waals surface area contributed by atoms with Crippen LogP contribution in [0.5, 0.6) is 0 Å². The molecule has 4 N–H and O–H groups in total. The molecule has 0 spiro atoms. The maximum absolute atomic E-state index is 12.0. The molecular formula is C12H16N4O3. The monoisotopic (exact) mass is 264 g/mol. The average Bonchev–Trinajstić information content (AvgIpc) is 3.21. The Kier molecular flexibility index (Phi) is 3.66. The van der Waals surface area contributed by atoms with Crippen molar-refractivity contribution < 1.29 is 9.72 Å². The van der Waals surface area contributed by atoms with E-state index in [1.54, 1.807) is 0 Å². The highest BCUT2D eigenvalue weighted by molar-refractivity contribution is 5.95. The molecule has 1 amide bonds. The first-order chi connectivity index (χ1) is 9.02. The van der Waals surface area contributed by atoms with E-state index in [4.69, 9.17) is 5.84 Å². The number of hydrazine groups is 1. The minimum Gasteiger partial charge on any atom is -0.349 e. The van der Waals surface area contributed by atoms with E-state index in [0.717, 1.165) is 12.8 Å². The molecule has 0 aliphatic heterocycles. The van der Waals surface area contributed by atoms with Gasteiger partial charge in [-0.15, -0.1) is 0 Å². The summed E-state index contributed by atoms with van der Waals surface area (Å²) in [6.07, 6.45) is 2.25. The van der Waals surface area contributed by atoms with Crippen LogP contribution in [-0.2, 0) is 0 Å². The van der Waals surface area contributed by atoms with Gasteiger partial charge in [-0.05, 0) is 37.8 Å². The van der Waals surface area contributed by atoms with Gasteiger partial charge in [0.1, 0.15) is 5.69 Å². The van der Waals surface area contributed by atoms with Crippen molar-refractivity contribution in [3.63, 3.8) is 0 Å². The second-order valence-electron chi connectivity index (χ2n) is 4.73. The number of nitrogens with one attached hydrogen (secondary N) is 2. The third kappa shape index (κ3) is 3.00. The van der Waals surface area contributed by atoms with Crippen molar-refractivity contribution in [2.75, 3.05) is 5.43 Å². The number of benzene rings is 1. The van der Waals surface area contributed by atoms with Crippen LogP contribution in [0, 0.1) is 16.0 Å². The summed E-state index contributed by atoms with van der Waals surface area (Å²) >= 11 is 0. The number of carbonyl (C=O) groups is 1. The normalized spacial score (nSPS) is 15.7. The van der Waals surface area contributed by atoms with Crippen LogP contribution >= 0.6 is 0 Å². The van der Waals surface area contributed by atoms with Gasteiger partial charge in [0.05, 0.1) is 4.92 Å². The zero-order valence-electron chi connectivity index (χ0n) is 10.6. The van der Waals surface area contributed by atoms with Gasteiger partial charge in [-0.3, -0.25) is 20.8 Å². The fourth-order valence-corrected chi connectivity index (χ4v) is 1.95. The minimum absolute atomic E-state index is 0.0962. The first-order valence-corrected chi connectivity index (χ1v) is 6.09. The van der Waals surface area contributed by atoms with E-state index in [0.29, 0.717) is 5.92 Å². The van der Waals surface area contributed by atoms with Gasteiger partial charge < -0.3 is 10.7 Å². The number of hydrogen-bond acceptors (Lipinski definition) is 5. The number of nitrogen functional groups attached to an aromatic ring is 1. The van der Waals surface area contributed by atoms with Crippen molar-refractivity contribution in [2.45, 2.75) is 25.8 Å². The summed E-state index contributed by atoms with van der Waals surface area (Å²) in [4.78, 5) is 22.3. The van der Waals surface area contributed by atoms with Gasteiger partial charge >= 0.3 is 0 Å². The van der Waals surface area contributed by atoms with E-state index in [1.165, 1.54) is 18.2 Å². The lowest BCUT2D eigenvalue weighted by atomic mass is 10.1. The smallest absolute Gasteiger partial charge is 0.294 e. The number of nitrogens with two attached hydrogens (primary N) is 1. The van der Waals surface area contributed by atoms with Crippen LogP contribution in [0.3, 0.4) is 0 Å². The fraction of sp³-hybridized carbons (Fsp3) is 0.417. The Morgan fingerprint density at radius 1 is 1.53 bits per heavy atom. The molecule has 1 saturated carbocycles. The maximum atomic E-state index is 12.0. The van der Waals surface area contributed by atoms with Crippen LogP contribution in [0.15, 0.2) is 18.2 Å². The van der Waals surface area contributed by atoms with E-state index in [1.807, 2.05) is 6.92 Å². The summed E-state index contributed by atoms with van der Waals surface area (Å²) in [6.45, 7) is 1.94. The lowest BCUT2D eigenvalue weighted by Crippen LogP contribution is -2.34. The van der Waals surface area contributed by atoms with Gasteiger partial charge in [-0.1, -0.05) is 0 Å². The van der Waals surface area contributed by atoms with Crippen molar-refractivity contribution in [3.05, 3.63) is 33.9 Å². The second kappa shape index (κ2) is 5.23. The standard InChI is InChI=1S/C12H16N4O3/c1-7(8-2-3-8)14-12(17)9-4-5-10(15-13)11(6-9)16(18)19/h4-8,15H,2-3,13H2,1H3,(H,14,17). The molecule has 1 aliphatic rings. The van der Waals surface area contributed by atoms with Gasteiger partial charge in [0.2, 0.25) is 0 Å². The summed E-state index contributed by atoms with van der Waals surface area (Å²) in [5.41, 5.74) is 2.46. The molecule has 19 heavy (non-hydrogen) atoms. The number of rotatable bonds is 5. The molecule has 1 aliphatic carbocycles. The van der Waals surface area contributed by atoms with Crippen molar-refractivity contribution in [1.82, 2.24) is 5.32 Å². The Hall–Kier alpha value is -2.15. The van der Waals surface area contributed by atoms with E-state index >= 15 is 0 Å². The summed E-state index contributed by atoms with van der Waals surface area (Å²) in [6, 6.07) is 4.26. The topological polar surface area (TPSA) is 110 Å². The zero-order chi connectivity index (χ0) is 14.0. The number of amides is 1. The van der Waals surface area contributed by atoms with Gasteiger partial charge in [-0.2, -0.15) is 0 Å². The minimum atomic E-state index is -0.573. The Bertz CT molecular complexity index is 514. The van der Waals surface area contributed by atoms with Gasteiger partial charge in [0, 0.05) is 17.7 Å². The van der Waals surface area contributed by atoms with Crippen LogP contribution in [0.25, 0.3) is 0 Å². The fourth-order valence-electron chi connectivity index (χ4n) is 1.95. The lowest BCUT2D eigenvalue weighted by Gasteiger charge is -2.13. The number of nitro benzene ring substituents is 1. The Balaban J connectivity index is 2.17. The van der Waals surface area contributed by atoms with Crippen LogP contribution < -0.4 is 16.6 Å². The van der Waals surface area contributed by atoms with E-state index in [-0.39, 0.29) is 28.9 Å². The molecule has 0 aromatic heterocycles. The number of hydrogen-bond donors (Lipinski definition) is 3. The first-order valence-electron chi connectivity index (χ1n) is 6.09. The molecule has 1 fully saturated rings. The molecule has 7 heteroatoms. The molecule has 1 aromatic rings. The molecule has 1 atom stereocenters. The number of anilines is 1. The molecule has 0 heterocycles. The Labute approximate surface area is 110 Å². The number of nitro groups is 1. The van der Waals surface area contributed by atoms with Crippen molar-refractivity contribution in [2.24, 2.45) is 11.8 Å². The quantitative estimate of drug-likeness (QED) is 0.423. The van der Waals surface area contributed by atoms with Gasteiger partial charge in [-0.25, -0.2) is 0 Å². The highest BCUT2D eigenvalue weighted by Gasteiger charge is 2.29. The number of carbonyl (C=O) groups excluding carboxylic acids is 1.